The molecule has 0 aliphatic rings. The highest BCUT2D eigenvalue weighted by Crippen LogP contribution is 2.39. The molecule has 0 aliphatic carbocycles. The number of hydrogen-bond donors (Lipinski definition) is 1. The summed E-state index contributed by atoms with van der Waals surface area (Å²) >= 11 is 2.85. The number of nitrogens with one attached hydrogen (secondary N) is 1. The first-order valence-corrected chi connectivity index (χ1v) is 7.46. The van der Waals surface area contributed by atoms with Gasteiger partial charge >= 0.3 is 6.18 Å². The van der Waals surface area contributed by atoms with E-state index in [0.717, 1.165) is 9.60 Å². The predicted molar refractivity (Wildman–Crippen MR) is 74.3 cm³/mol. The lowest BCUT2D eigenvalue weighted by Crippen LogP contribution is -2.12. The lowest BCUT2D eigenvalue weighted by atomic mass is 10.2. The molecule has 0 spiro atoms. The van der Waals surface area contributed by atoms with Crippen LogP contribution in [-0.2, 0) is 6.42 Å². The SMILES string of the molecule is FC(F)(F)Cc1[nH]c2ncccc2c1Sc1cccs1. The molecule has 0 aliphatic heterocycles. The van der Waals surface area contributed by atoms with Crippen LogP contribution in [-0.4, -0.2) is 16.1 Å². The van der Waals surface area contributed by atoms with Crippen LogP contribution in [0.15, 0.2) is 44.9 Å². The lowest BCUT2D eigenvalue weighted by Gasteiger charge is -2.06. The molecule has 0 saturated carbocycles. The third-order valence-electron chi connectivity index (χ3n) is 2.67. The van der Waals surface area contributed by atoms with E-state index in [1.54, 1.807) is 18.3 Å². The Labute approximate surface area is 121 Å². The summed E-state index contributed by atoms with van der Waals surface area (Å²) in [7, 11) is 0. The van der Waals surface area contributed by atoms with Crippen molar-refractivity contribution in [2.24, 2.45) is 0 Å². The number of pyridine rings is 1. The van der Waals surface area contributed by atoms with E-state index in [1.165, 1.54) is 23.1 Å². The second-order valence-corrected chi connectivity index (χ2v) is 6.42. The van der Waals surface area contributed by atoms with Gasteiger partial charge in [-0.1, -0.05) is 17.8 Å². The molecule has 0 fully saturated rings. The Bertz CT molecular complexity index is 717. The van der Waals surface area contributed by atoms with Gasteiger partial charge in [0, 0.05) is 22.2 Å². The van der Waals surface area contributed by atoms with Crippen LogP contribution in [0, 0.1) is 0 Å². The number of alkyl halides is 3. The molecule has 0 aromatic carbocycles. The van der Waals surface area contributed by atoms with Crippen molar-refractivity contribution in [3.8, 4) is 0 Å². The molecule has 1 N–H and O–H groups in total. The van der Waals surface area contributed by atoms with Crippen molar-refractivity contribution in [3.05, 3.63) is 41.5 Å². The third kappa shape index (κ3) is 2.83. The van der Waals surface area contributed by atoms with Crippen molar-refractivity contribution in [2.45, 2.75) is 21.7 Å². The Morgan fingerprint density at radius 1 is 1.25 bits per heavy atom. The molecule has 3 rings (SSSR count). The Morgan fingerprint density at radius 2 is 2.10 bits per heavy atom. The largest absolute Gasteiger partial charge is 0.394 e. The minimum absolute atomic E-state index is 0.171. The van der Waals surface area contributed by atoms with E-state index in [2.05, 4.69) is 9.97 Å². The summed E-state index contributed by atoms with van der Waals surface area (Å²) in [4.78, 5) is 7.48. The first kappa shape index (κ1) is 13.5. The van der Waals surface area contributed by atoms with Crippen molar-refractivity contribution >= 4 is 34.1 Å². The van der Waals surface area contributed by atoms with E-state index in [1.807, 2.05) is 17.5 Å². The van der Waals surface area contributed by atoms with Crippen LogP contribution in [0.3, 0.4) is 0 Å². The van der Waals surface area contributed by atoms with E-state index in [4.69, 9.17) is 0 Å². The Morgan fingerprint density at radius 3 is 2.80 bits per heavy atom. The first-order valence-electron chi connectivity index (χ1n) is 5.76. The van der Waals surface area contributed by atoms with E-state index >= 15 is 0 Å². The molecule has 0 saturated heterocycles. The summed E-state index contributed by atoms with van der Waals surface area (Å²) in [6, 6.07) is 7.28. The maximum Gasteiger partial charge on any atom is 0.394 e. The molecule has 20 heavy (non-hydrogen) atoms. The molecule has 0 bridgehead atoms. The number of H-pyrrole nitrogens is 1. The summed E-state index contributed by atoms with van der Waals surface area (Å²) < 4.78 is 39.0. The molecule has 2 nitrogen and oxygen atoms in total. The quantitative estimate of drug-likeness (QED) is 0.746. The minimum atomic E-state index is -4.24. The molecule has 3 aromatic rings. The zero-order valence-corrected chi connectivity index (χ0v) is 11.7. The highest BCUT2D eigenvalue weighted by atomic mass is 32.2. The van der Waals surface area contributed by atoms with Crippen LogP contribution in [0.5, 0.6) is 0 Å². The average Bonchev–Trinajstić information content (AvgIpc) is 2.97. The van der Waals surface area contributed by atoms with Gasteiger partial charge in [0.2, 0.25) is 0 Å². The molecule has 0 radical (unpaired) electrons. The van der Waals surface area contributed by atoms with E-state index in [0.29, 0.717) is 10.5 Å². The molecule has 104 valence electrons. The zero-order chi connectivity index (χ0) is 14.2. The normalized spacial score (nSPS) is 12.2. The molecule has 3 heterocycles. The van der Waals surface area contributed by atoms with E-state index in [-0.39, 0.29) is 5.69 Å². The molecule has 0 unspecified atom stereocenters. The number of aromatic nitrogens is 2. The Kier molecular flexibility index (Phi) is 3.47. The van der Waals surface area contributed by atoms with Gasteiger partial charge in [-0.05, 0) is 23.6 Å². The molecule has 3 aromatic heterocycles. The summed E-state index contributed by atoms with van der Waals surface area (Å²) in [5, 5.41) is 2.63. The molecular formula is C13H9F3N2S2. The van der Waals surface area contributed by atoms with Gasteiger partial charge in [0.15, 0.2) is 0 Å². The van der Waals surface area contributed by atoms with E-state index < -0.39 is 12.6 Å². The maximum atomic E-state index is 12.7. The fourth-order valence-electron chi connectivity index (χ4n) is 1.91. The summed E-state index contributed by atoms with van der Waals surface area (Å²) in [6.45, 7) is 0. The standard InChI is InChI=1S/C13H9F3N2S2/c14-13(15,16)7-9-11(20-10-4-2-6-19-10)8-3-1-5-17-12(8)18-9/h1-6H,7H2,(H,17,18). The maximum absolute atomic E-state index is 12.7. The van der Waals surface area contributed by atoms with Crippen molar-refractivity contribution in [3.63, 3.8) is 0 Å². The summed E-state index contributed by atoms with van der Waals surface area (Å²) in [5.74, 6) is 0. The van der Waals surface area contributed by atoms with Crippen molar-refractivity contribution in [2.75, 3.05) is 0 Å². The van der Waals surface area contributed by atoms with Gasteiger partial charge in [-0.25, -0.2) is 4.98 Å². The zero-order valence-electron chi connectivity index (χ0n) is 10.1. The summed E-state index contributed by atoms with van der Waals surface area (Å²) in [5.41, 5.74) is 0.662. The Balaban J connectivity index is 2.08. The highest BCUT2D eigenvalue weighted by Gasteiger charge is 2.31. The third-order valence-corrected chi connectivity index (χ3v) is 4.88. The van der Waals surface area contributed by atoms with Crippen LogP contribution in [0.4, 0.5) is 13.2 Å². The van der Waals surface area contributed by atoms with Gasteiger partial charge in [0.25, 0.3) is 0 Å². The van der Waals surface area contributed by atoms with Crippen molar-refractivity contribution in [1.82, 2.24) is 9.97 Å². The molecule has 0 atom stereocenters. The number of fused-ring (bicyclic) bond motifs is 1. The van der Waals surface area contributed by atoms with Gasteiger partial charge in [-0.3, -0.25) is 0 Å². The molecular weight excluding hydrogens is 305 g/mol. The smallest absolute Gasteiger partial charge is 0.342 e. The van der Waals surface area contributed by atoms with Crippen LogP contribution in [0.1, 0.15) is 5.69 Å². The molecule has 0 amide bonds. The number of nitrogens with zero attached hydrogens (tertiary/aromatic N) is 1. The van der Waals surface area contributed by atoms with Crippen molar-refractivity contribution < 1.29 is 13.2 Å². The van der Waals surface area contributed by atoms with Gasteiger partial charge in [-0.15, -0.1) is 11.3 Å². The monoisotopic (exact) mass is 314 g/mol. The number of hydrogen-bond acceptors (Lipinski definition) is 3. The molecule has 7 heteroatoms. The topological polar surface area (TPSA) is 28.7 Å². The predicted octanol–water partition coefficient (Wildman–Crippen LogP) is 4.88. The van der Waals surface area contributed by atoms with Gasteiger partial charge in [0.1, 0.15) is 5.65 Å². The summed E-state index contributed by atoms with van der Waals surface area (Å²) in [6.07, 6.45) is -3.65. The number of halogens is 3. The van der Waals surface area contributed by atoms with Crippen LogP contribution >= 0.6 is 23.1 Å². The van der Waals surface area contributed by atoms with Crippen molar-refractivity contribution in [1.29, 1.82) is 0 Å². The Hall–Kier alpha value is -1.47. The van der Waals surface area contributed by atoms with Crippen LogP contribution in [0.2, 0.25) is 0 Å². The fourth-order valence-corrected chi connectivity index (χ4v) is 3.84. The number of thiophene rings is 1. The lowest BCUT2D eigenvalue weighted by molar-refractivity contribution is -0.128. The second kappa shape index (κ2) is 5.14. The fraction of sp³-hybridized carbons (Fsp3) is 0.154. The number of rotatable bonds is 3. The van der Waals surface area contributed by atoms with E-state index in [9.17, 15) is 13.2 Å². The average molecular weight is 314 g/mol. The highest BCUT2D eigenvalue weighted by molar-refractivity contribution is 8.01. The first-order chi connectivity index (χ1) is 9.53. The van der Waals surface area contributed by atoms with Crippen LogP contribution < -0.4 is 0 Å². The van der Waals surface area contributed by atoms with Gasteiger partial charge in [0.05, 0.1) is 10.6 Å². The van der Waals surface area contributed by atoms with Gasteiger partial charge < -0.3 is 4.98 Å². The second-order valence-electron chi connectivity index (χ2n) is 4.16. The van der Waals surface area contributed by atoms with Crippen LogP contribution in [0.25, 0.3) is 11.0 Å². The minimum Gasteiger partial charge on any atom is -0.342 e. The van der Waals surface area contributed by atoms with Gasteiger partial charge in [-0.2, -0.15) is 13.2 Å². The number of aromatic amines is 1.